The van der Waals surface area contributed by atoms with Crippen LogP contribution in [0.1, 0.15) is 18.9 Å². The summed E-state index contributed by atoms with van der Waals surface area (Å²) in [5.74, 6) is 0.295. The first-order valence-corrected chi connectivity index (χ1v) is 4.96. The van der Waals surface area contributed by atoms with Crippen molar-refractivity contribution in [3.8, 4) is 0 Å². The van der Waals surface area contributed by atoms with E-state index < -0.39 is 0 Å². The third-order valence-corrected chi connectivity index (χ3v) is 2.14. The topological polar surface area (TPSA) is 20.3 Å². The summed E-state index contributed by atoms with van der Waals surface area (Å²) in [5, 5.41) is 0. The first-order chi connectivity index (χ1) is 6.72. The van der Waals surface area contributed by atoms with Crippen LogP contribution in [0.15, 0.2) is 30.3 Å². The zero-order chi connectivity index (χ0) is 10.4. The second-order valence-corrected chi connectivity index (χ2v) is 3.55. The number of ketones is 1. The minimum Gasteiger partial charge on any atom is -0.298 e. The molecule has 1 aromatic rings. The van der Waals surface area contributed by atoms with Gasteiger partial charge in [-0.3, -0.25) is 9.69 Å². The molecular formula is C12H17NO. The maximum absolute atomic E-state index is 11.2. The minimum absolute atomic E-state index is 0.295. The molecule has 0 spiro atoms. The molecule has 0 radical (unpaired) electrons. The van der Waals surface area contributed by atoms with E-state index in [-0.39, 0.29) is 0 Å². The summed E-state index contributed by atoms with van der Waals surface area (Å²) in [6.45, 7) is 3.29. The van der Waals surface area contributed by atoms with E-state index in [0.29, 0.717) is 18.7 Å². The molecule has 0 bridgehead atoms. The van der Waals surface area contributed by atoms with Gasteiger partial charge in [0, 0.05) is 13.0 Å². The van der Waals surface area contributed by atoms with Crippen molar-refractivity contribution in [2.75, 3.05) is 13.6 Å². The van der Waals surface area contributed by atoms with Gasteiger partial charge in [-0.1, -0.05) is 37.3 Å². The van der Waals surface area contributed by atoms with Gasteiger partial charge in [-0.15, -0.1) is 0 Å². The maximum atomic E-state index is 11.2. The molecule has 76 valence electrons. The third kappa shape index (κ3) is 3.71. The van der Waals surface area contributed by atoms with E-state index in [0.717, 1.165) is 6.54 Å². The van der Waals surface area contributed by atoms with Gasteiger partial charge in [-0.2, -0.15) is 0 Å². The molecule has 2 nitrogen and oxygen atoms in total. The Kier molecular flexibility index (Phi) is 4.33. The first-order valence-electron chi connectivity index (χ1n) is 4.96. The molecule has 1 rings (SSSR count). The fourth-order valence-corrected chi connectivity index (χ4v) is 1.36. The largest absolute Gasteiger partial charge is 0.298 e. The van der Waals surface area contributed by atoms with Gasteiger partial charge in [-0.25, -0.2) is 0 Å². The maximum Gasteiger partial charge on any atom is 0.146 e. The average Bonchev–Trinajstić information content (AvgIpc) is 2.19. The molecule has 0 amide bonds. The molecule has 1 aromatic carbocycles. The molecule has 0 unspecified atom stereocenters. The van der Waals surface area contributed by atoms with Gasteiger partial charge < -0.3 is 0 Å². The summed E-state index contributed by atoms with van der Waals surface area (Å²) >= 11 is 0. The minimum atomic E-state index is 0.295. The van der Waals surface area contributed by atoms with Crippen LogP contribution in [-0.2, 0) is 11.3 Å². The fraction of sp³-hybridized carbons (Fsp3) is 0.417. The monoisotopic (exact) mass is 191 g/mol. The van der Waals surface area contributed by atoms with Crippen molar-refractivity contribution in [1.82, 2.24) is 4.90 Å². The molecule has 0 saturated heterocycles. The Hall–Kier alpha value is -1.15. The molecular weight excluding hydrogens is 174 g/mol. The van der Waals surface area contributed by atoms with Crippen LogP contribution in [0.3, 0.4) is 0 Å². The van der Waals surface area contributed by atoms with Crippen LogP contribution < -0.4 is 0 Å². The first kappa shape index (κ1) is 10.9. The van der Waals surface area contributed by atoms with Crippen molar-refractivity contribution in [3.63, 3.8) is 0 Å². The zero-order valence-corrected chi connectivity index (χ0v) is 8.86. The molecule has 0 heterocycles. The van der Waals surface area contributed by atoms with Gasteiger partial charge in [0.1, 0.15) is 5.78 Å². The van der Waals surface area contributed by atoms with Crippen LogP contribution in [0.4, 0.5) is 0 Å². The molecule has 0 aliphatic heterocycles. The molecule has 0 saturated carbocycles. The van der Waals surface area contributed by atoms with E-state index in [1.807, 2.05) is 37.1 Å². The summed E-state index contributed by atoms with van der Waals surface area (Å²) in [6.07, 6.45) is 0.624. The Bertz CT molecular complexity index is 282. The Morgan fingerprint density at radius 1 is 1.29 bits per heavy atom. The molecule has 14 heavy (non-hydrogen) atoms. The third-order valence-electron chi connectivity index (χ3n) is 2.14. The van der Waals surface area contributed by atoms with Crippen LogP contribution in [0.25, 0.3) is 0 Å². The highest BCUT2D eigenvalue weighted by Gasteiger charge is 2.04. The number of hydrogen-bond donors (Lipinski definition) is 0. The molecule has 0 atom stereocenters. The number of nitrogens with zero attached hydrogens (tertiary/aromatic N) is 1. The highest BCUT2D eigenvalue weighted by atomic mass is 16.1. The van der Waals surface area contributed by atoms with Crippen LogP contribution >= 0.6 is 0 Å². The lowest BCUT2D eigenvalue weighted by Gasteiger charge is -2.14. The van der Waals surface area contributed by atoms with Crippen molar-refractivity contribution < 1.29 is 4.79 Å². The number of benzene rings is 1. The predicted octanol–water partition coefficient (Wildman–Crippen LogP) is 2.10. The van der Waals surface area contributed by atoms with E-state index in [1.165, 1.54) is 5.56 Å². The van der Waals surface area contributed by atoms with Crippen LogP contribution in [0, 0.1) is 0 Å². The second-order valence-electron chi connectivity index (χ2n) is 3.55. The molecule has 2 heteroatoms. The lowest BCUT2D eigenvalue weighted by atomic mass is 10.2. The van der Waals surface area contributed by atoms with E-state index in [1.54, 1.807) is 0 Å². The average molecular weight is 191 g/mol. The van der Waals surface area contributed by atoms with Crippen molar-refractivity contribution in [2.24, 2.45) is 0 Å². The number of carbonyl (C=O) groups is 1. The summed E-state index contributed by atoms with van der Waals surface area (Å²) in [6, 6.07) is 10.2. The smallest absolute Gasteiger partial charge is 0.146 e. The normalized spacial score (nSPS) is 10.5. The summed E-state index contributed by atoms with van der Waals surface area (Å²) in [7, 11) is 1.97. The standard InChI is InChI=1S/C12H17NO/c1-3-12(14)10-13(2)9-11-7-5-4-6-8-11/h4-8H,3,9-10H2,1-2H3. The fourth-order valence-electron chi connectivity index (χ4n) is 1.36. The van der Waals surface area contributed by atoms with Crippen LogP contribution in [0.5, 0.6) is 0 Å². The second kappa shape index (κ2) is 5.55. The van der Waals surface area contributed by atoms with Gasteiger partial charge in [0.05, 0.1) is 6.54 Å². The van der Waals surface area contributed by atoms with Crippen molar-refractivity contribution in [1.29, 1.82) is 0 Å². The van der Waals surface area contributed by atoms with Gasteiger partial charge in [0.2, 0.25) is 0 Å². The van der Waals surface area contributed by atoms with E-state index in [2.05, 4.69) is 12.1 Å². The number of carbonyl (C=O) groups excluding carboxylic acids is 1. The number of rotatable bonds is 5. The molecule has 0 aromatic heterocycles. The van der Waals surface area contributed by atoms with Crippen LogP contribution in [-0.4, -0.2) is 24.3 Å². The van der Waals surface area contributed by atoms with Crippen molar-refractivity contribution in [3.05, 3.63) is 35.9 Å². The van der Waals surface area contributed by atoms with Gasteiger partial charge in [0.15, 0.2) is 0 Å². The van der Waals surface area contributed by atoms with Gasteiger partial charge in [0.25, 0.3) is 0 Å². The van der Waals surface area contributed by atoms with Gasteiger partial charge in [-0.05, 0) is 12.6 Å². The Morgan fingerprint density at radius 3 is 2.50 bits per heavy atom. The number of hydrogen-bond acceptors (Lipinski definition) is 2. The number of Topliss-reactive ketones (excluding diaryl/α,β-unsaturated/α-hetero) is 1. The Balaban J connectivity index is 2.41. The van der Waals surface area contributed by atoms with E-state index in [9.17, 15) is 4.79 Å². The Morgan fingerprint density at radius 2 is 1.93 bits per heavy atom. The predicted molar refractivity (Wildman–Crippen MR) is 58.1 cm³/mol. The quantitative estimate of drug-likeness (QED) is 0.710. The number of likely N-dealkylation sites (N-methyl/N-ethyl adjacent to an activating group) is 1. The molecule has 0 aliphatic rings. The Labute approximate surface area is 85.5 Å². The van der Waals surface area contributed by atoms with Crippen molar-refractivity contribution in [2.45, 2.75) is 19.9 Å². The van der Waals surface area contributed by atoms with E-state index in [4.69, 9.17) is 0 Å². The molecule has 0 fully saturated rings. The van der Waals surface area contributed by atoms with E-state index >= 15 is 0 Å². The lowest BCUT2D eigenvalue weighted by Crippen LogP contribution is -2.24. The van der Waals surface area contributed by atoms with Gasteiger partial charge >= 0.3 is 0 Å². The molecule has 0 N–H and O–H groups in total. The zero-order valence-electron chi connectivity index (χ0n) is 8.86. The highest BCUT2D eigenvalue weighted by molar-refractivity contribution is 5.80. The van der Waals surface area contributed by atoms with Crippen molar-refractivity contribution >= 4 is 5.78 Å². The van der Waals surface area contributed by atoms with Crippen LogP contribution in [0.2, 0.25) is 0 Å². The SMILES string of the molecule is CCC(=O)CN(C)Cc1ccccc1. The lowest BCUT2D eigenvalue weighted by molar-refractivity contribution is -0.119. The summed E-state index contributed by atoms with van der Waals surface area (Å²) in [5.41, 5.74) is 1.25. The molecule has 0 aliphatic carbocycles. The summed E-state index contributed by atoms with van der Waals surface area (Å²) < 4.78 is 0. The highest BCUT2D eigenvalue weighted by Crippen LogP contribution is 2.02. The summed E-state index contributed by atoms with van der Waals surface area (Å²) in [4.78, 5) is 13.2.